The summed E-state index contributed by atoms with van der Waals surface area (Å²) >= 11 is 0. The first-order valence-corrected chi connectivity index (χ1v) is 8.12. The van der Waals surface area contributed by atoms with Crippen molar-refractivity contribution in [2.75, 3.05) is 12.0 Å². The number of nitrogens with one attached hydrogen (secondary N) is 1. The molecule has 0 bridgehead atoms. The summed E-state index contributed by atoms with van der Waals surface area (Å²) < 4.78 is 23.1. The first kappa shape index (κ1) is 17.0. The minimum atomic E-state index is -3.49. The molecule has 5 N–H and O–H groups in total. The number of anilines is 1. The Hall–Kier alpha value is -2.09. The molecule has 1 rings (SSSR count). The van der Waals surface area contributed by atoms with Crippen LogP contribution >= 0.6 is 0 Å². The highest BCUT2D eigenvalue weighted by Gasteiger charge is 2.23. The van der Waals surface area contributed by atoms with Crippen LogP contribution in [0.25, 0.3) is 0 Å². The summed E-state index contributed by atoms with van der Waals surface area (Å²) in [6, 6.07) is 2.96. The monoisotopic (exact) mass is 313 g/mol. The van der Waals surface area contributed by atoms with Crippen LogP contribution in [0.15, 0.2) is 23.1 Å². The lowest BCUT2D eigenvalue weighted by molar-refractivity contribution is -0.120. The summed E-state index contributed by atoms with van der Waals surface area (Å²) in [5.41, 5.74) is 11.0. The van der Waals surface area contributed by atoms with Gasteiger partial charge < -0.3 is 16.8 Å². The Morgan fingerprint density at radius 2 is 1.76 bits per heavy atom. The number of hydrogen-bond donors (Lipinski definition) is 3. The fourth-order valence-electron chi connectivity index (χ4n) is 1.76. The molecule has 0 radical (unpaired) electrons. The van der Waals surface area contributed by atoms with Crippen LogP contribution in [0.2, 0.25) is 0 Å². The summed E-state index contributed by atoms with van der Waals surface area (Å²) in [7, 11) is -3.49. The molecule has 116 valence electrons. The van der Waals surface area contributed by atoms with E-state index in [1.54, 1.807) is 13.8 Å². The van der Waals surface area contributed by atoms with Gasteiger partial charge in [0.05, 0.1) is 4.90 Å². The molecule has 2 amide bonds. The van der Waals surface area contributed by atoms with Gasteiger partial charge >= 0.3 is 0 Å². The van der Waals surface area contributed by atoms with E-state index in [2.05, 4.69) is 5.32 Å². The Balaban J connectivity index is 3.14. The molecule has 8 heteroatoms. The van der Waals surface area contributed by atoms with Gasteiger partial charge in [-0.25, -0.2) is 8.42 Å². The fourth-order valence-corrected chi connectivity index (χ4v) is 2.45. The molecular weight excluding hydrogens is 294 g/mol. The molecule has 0 saturated carbocycles. The number of carbonyl (C=O) groups is 2. The normalized spacial score (nSPS) is 13.0. The molecule has 0 aliphatic carbocycles. The highest BCUT2D eigenvalue weighted by Crippen LogP contribution is 2.17. The third kappa shape index (κ3) is 4.45. The minimum absolute atomic E-state index is 0.0577. The molecule has 1 unspecified atom stereocenters. The second-order valence-electron chi connectivity index (χ2n) is 5.16. The minimum Gasteiger partial charge on any atom is -0.399 e. The van der Waals surface area contributed by atoms with E-state index in [-0.39, 0.29) is 22.1 Å². The molecule has 1 aromatic carbocycles. The first-order chi connectivity index (χ1) is 9.52. The largest absolute Gasteiger partial charge is 0.399 e. The van der Waals surface area contributed by atoms with Gasteiger partial charge in [-0.05, 0) is 24.1 Å². The van der Waals surface area contributed by atoms with Gasteiger partial charge in [0.25, 0.3) is 5.91 Å². The highest BCUT2D eigenvalue weighted by atomic mass is 32.2. The van der Waals surface area contributed by atoms with Crippen molar-refractivity contribution in [1.29, 1.82) is 0 Å². The van der Waals surface area contributed by atoms with Gasteiger partial charge in [-0.15, -0.1) is 0 Å². The zero-order valence-electron chi connectivity index (χ0n) is 12.1. The van der Waals surface area contributed by atoms with Crippen molar-refractivity contribution in [2.24, 2.45) is 11.7 Å². The first-order valence-electron chi connectivity index (χ1n) is 6.23. The van der Waals surface area contributed by atoms with Gasteiger partial charge in [-0.3, -0.25) is 9.59 Å². The van der Waals surface area contributed by atoms with Crippen molar-refractivity contribution in [2.45, 2.75) is 24.8 Å². The number of nitrogens with two attached hydrogens (primary N) is 2. The molecule has 0 heterocycles. The molecule has 1 atom stereocenters. The number of carbonyl (C=O) groups excluding carboxylic acids is 2. The standard InChI is InChI=1S/C13H19N3O4S/c1-7(2)11(12(15)17)16-13(18)8-4-9(14)6-10(5-8)21(3,19)20/h4-7,11H,14H2,1-3H3,(H2,15,17)(H,16,18). The van der Waals surface area contributed by atoms with Gasteiger partial charge in [0.2, 0.25) is 5.91 Å². The van der Waals surface area contributed by atoms with E-state index >= 15 is 0 Å². The van der Waals surface area contributed by atoms with Gasteiger partial charge in [0.15, 0.2) is 9.84 Å². The molecule has 0 aromatic heterocycles. The number of amides is 2. The predicted octanol–water partition coefficient (Wildman–Crippen LogP) is -0.0880. The number of sulfone groups is 1. The third-order valence-electron chi connectivity index (χ3n) is 2.88. The van der Waals surface area contributed by atoms with Crippen molar-refractivity contribution in [3.8, 4) is 0 Å². The number of primary amides is 1. The Labute approximate surface area is 123 Å². The highest BCUT2D eigenvalue weighted by molar-refractivity contribution is 7.90. The molecule has 21 heavy (non-hydrogen) atoms. The average molecular weight is 313 g/mol. The molecule has 0 saturated heterocycles. The smallest absolute Gasteiger partial charge is 0.252 e. The summed E-state index contributed by atoms with van der Waals surface area (Å²) in [6.45, 7) is 3.47. The van der Waals surface area contributed by atoms with Crippen LogP contribution in [0.3, 0.4) is 0 Å². The van der Waals surface area contributed by atoms with Gasteiger partial charge in [-0.2, -0.15) is 0 Å². The summed E-state index contributed by atoms with van der Waals surface area (Å²) in [4.78, 5) is 23.4. The van der Waals surface area contributed by atoms with E-state index in [1.165, 1.54) is 18.2 Å². The number of rotatable bonds is 5. The van der Waals surface area contributed by atoms with Crippen LogP contribution in [0, 0.1) is 5.92 Å². The predicted molar refractivity (Wildman–Crippen MR) is 79.3 cm³/mol. The Bertz CT molecular complexity index is 668. The quantitative estimate of drug-likeness (QED) is 0.654. The van der Waals surface area contributed by atoms with E-state index < -0.39 is 27.7 Å². The molecular formula is C13H19N3O4S. The topological polar surface area (TPSA) is 132 Å². The third-order valence-corrected chi connectivity index (χ3v) is 3.97. The Morgan fingerprint density at radius 3 is 2.19 bits per heavy atom. The maximum absolute atomic E-state index is 12.1. The van der Waals surface area contributed by atoms with Crippen molar-refractivity contribution in [3.63, 3.8) is 0 Å². The summed E-state index contributed by atoms with van der Waals surface area (Å²) in [5, 5.41) is 2.47. The molecule has 7 nitrogen and oxygen atoms in total. The van der Waals surface area contributed by atoms with Gasteiger partial charge in [-0.1, -0.05) is 13.8 Å². The van der Waals surface area contributed by atoms with Gasteiger partial charge in [0, 0.05) is 17.5 Å². The van der Waals surface area contributed by atoms with Crippen LogP contribution in [-0.2, 0) is 14.6 Å². The lowest BCUT2D eigenvalue weighted by Crippen LogP contribution is -2.47. The Kier molecular flexibility index (Phi) is 4.95. The lowest BCUT2D eigenvalue weighted by atomic mass is 10.0. The second-order valence-corrected chi connectivity index (χ2v) is 7.18. The fraction of sp³-hybridized carbons (Fsp3) is 0.385. The van der Waals surface area contributed by atoms with E-state index in [1.807, 2.05) is 0 Å². The van der Waals surface area contributed by atoms with E-state index in [4.69, 9.17) is 11.5 Å². The van der Waals surface area contributed by atoms with Gasteiger partial charge in [0.1, 0.15) is 6.04 Å². The van der Waals surface area contributed by atoms with Crippen LogP contribution in [0.4, 0.5) is 5.69 Å². The van der Waals surface area contributed by atoms with E-state index in [0.717, 1.165) is 6.26 Å². The maximum Gasteiger partial charge on any atom is 0.252 e. The average Bonchev–Trinajstić information content (AvgIpc) is 2.32. The van der Waals surface area contributed by atoms with E-state index in [0.29, 0.717) is 0 Å². The van der Waals surface area contributed by atoms with E-state index in [9.17, 15) is 18.0 Å². The van der Waals surface area contributed by atoms with Crippen LogP contribution in [0.1, 0.15) is 24.2 Å². The Morgan fingerprint density at radius 1 is 1.19 bits per heavy atom. The number of benzene rings is 1. The van der Waals surface area contributed by atoms with Crippen LogP contribution < -0.4 is 16.8 Å². The molecule has 0 fully saturated rings. The maximum atomic E-state index is 12.1. The SMILES string of the molecule is CC(C)C(NC(=O)c1cc(N)cc(S(C)(=O)=O)c1)C(N)=O. The van der Waals surface area contributed by atoms with Crippen molar-refractivity contribution < 1.29 is 18.0 Å². The second kappa shape index (κ2) is 6.13. The zero-order valence-corrected chi connectivity index (χ0v) is 12.9. The van der Waals surface area contributed by atoms with Crippen LogP contribution in [0.5, 0.6) is 0 Å². The molecule has 0 spiro atoms. The lowest BCUT2D eigenvalue weighted by Gasteiger charge is -2.19. The summed E-state index contributed by atoms with van der Waals surface area (Å²) in [5.74, 6) is -1.46. The van der Waals surface area contributed by atoms with Crippen molar-refractivity contribution in [3.05, 3.63) is 23.8 Å². The zero-order chi connectivity index (χ0) is 16.4. The number of hydrogen-bond acceptors (Lipinski definition) is 5. The summed E-state index contributed by atoms with van der Waals surface area (Å²) in [6.07, 6.45) is 1.02. The number of nitrogen functional groups attached to an aromatic ring is 1. The molecule has 0 aliphatic rings. The van der Waals surface area contributed by atoms with Crippen molar-refractivity contribution >= 4 is 27.3 Å². The van der Waals surface area contributed by atoms with Crippen LogP contribution in [-0.4, -0.2) is 32.5 Å². The molecule has 1 aromatic rings. The molecule has 0 aliphatic heterocycles. The van der Waals surface area contributed by atoms with Crippen molar-refractivity contribution in [1.82, 2.24) is 5.32 Å².